The predicted octanol–water partition coefficient (Wildman–Crippen LogP) is 5.72. The van der Waals surface area contributed by atoms with Gasteiger partial charge < -0.3 is 9.84 Å². The highest BCUT2D eigenvalue weighted by atomic mass is 35.5. The summed E-state index contributed by atoms with van der Waals surface area (Å²) in [5, 5.41) is 12.1. The van der Waals surface area contributed by atoms with Crippen molar-refractivity contribution in [2.75, 3.05) is 11.5 Å². The quantitative estimate of drug-likeness (QED) is 0.285. The number of anilines is 1. The van der Waals surface area contributed by atoms with Crippen LogP contribution in [-0.2, 0) is 9.59 Å². The van der Waals surface area contributed by atoms with Crippen LogP contribution in [0.5, 0.6) is 5.75 Å². The van der Waals surface area contributed by atoms with Gasteiger partial charge in [0.05, 0.1) is 22.9 Å². The van der Waals surface area contributed by atoms with Gasteiger partial charge in [-0.05, 0) is 61.9 Å². The van der Waals surface area contributed by atoms with Crippen molar-refractivity contribution < 1.29 is 19.4 Å². The molecular formula is C25H20Cl2N2O4. The molecule has 0 saturated carbocycles. The molecule has 4 rings (SSSR count). The number of hydrogen-bond acceptors (Lipinski definition) is 5. The number of amides is 1. The Morgan fingerprint density at radius 1 is 1.09 bits per heavy atom. The van der Waals surface area contributed by atoms with E-state index in [1.165, 1.54) is 11.0 Å². The van der Waals surface area contributed by atoms with Crippen LogP contribution in [0, 0.1) is 6.92 Å². The molecule has 1 atom stereocenters. The number of carbonyl (C=O) groups is 2. The first-order chi connectivity index (χ1) is 15.8. The molecule has 1 saturated heterocycles. The Hall–Kier alpha value is -3.35. The number of aliphatic hydroxyl groups is 1. The molecule has 1 fully saturated rings. The van der Waals surface area contributed by atoms with E-state index in [1.54, 1.807) is 61.7 Å². The zero-order valence-electron chi connectivity index (χ0n) is 17.9. The summed E-state index contributed by atoms with van der Waals surface area (Å²) in [4.78, 5) is 32.2. The van der Waals surface area contributed by atoms with Crippen molar-refractivity contribution in [3.8, 4) is 5.75 Å². The highest BCUT2D eigenvalue weighted by Gasteiger charge is 2.48. The van der Waals surface area contributed by atoms with E-state index in [2.05, 4.69) is 4.98 Å². The third-order valence-corrected chi connectivity index (χ3v) is 6.14. The monoisotopic (exact) mass is 482 g/mol. The molecule has 8 heteroatoms. The molecule has 0 bridgehead atoms. The molecule has 1 unspecified atom stereocenters. The van der Waals surface area contributed by atoms with E-state index in [0.717, 1.165) is 0 Å². The number of rotatable bonds is 5. The zero-order chi connectivity index (χ0) is 23.7. The van der Waals surface area contributed by atoms with E-state index < -0.39 is 17.7 Å². The molecule has 33 heavy (non-hydrogen) atoms. The predicted molar refractivity (Wildman–Crippen MR) is 128 cm³/mol. The van der Waals surface area contributed by atoms with E-state index in [4.69, 9.17) is 27.9 Å². The molecule has 6 nitrogen and oxygen atoms in total. The first-order valence-corrected chi connectivity index (χ1v) is 11.0. The minimum Gasteiger partial charge on any atom is -0.507 e. The van der Waals surface area contributed by atoms with Crippen LogP contribution >= 0.6 is 23.2 Å². The van der Waals surface area contributed by atoms with E-state index >= 15 is 0 Å². The van der Waals surface area contributed by atoms with Gasteiger partial charge in [0.2, 0.25) is 0 Å². The minimum absolute atomic E-state index is 0.0807. The van der Waals surface area contributed by atoms with Crippen LogP contribution in [0.2, 0.25) is 10.0 Å². The molecule has 3 aromatic rings. The Balaban J connectivity index is 1.95. The molecule has 1 aromatic heterocycles. The van der Waals surface area contributed by atoms with Gasteiger partial charge >= 0.3 is 0 Å². The van der Waals surface area contributed by atoms with Crippen LogP contribution in [0.1, 0.15) is 29.8 Å². The summed E-state index contributed by atoms with van der Waals surface area (Å²) in [6, 6.07) is 14.0. The first-order valence-electron chi connectivity index (χ1n) is 10.2. The Morgan fingerprint density at radius 2 is 1.88 bits per heavy atom. The summed E-state index contributed by atoms with van der Waals surface area (Å²) in [6.07, 6.45) is 1.57. The van der Waals surface area contributed by atoms with Crippen LogP contribution in [-0.4, -0.2) is 28.4 Å². The van der Waals surface area contributed by atoms with Gasteiger partial charge in [-0.3, -0.25) is 19.5 Å². The Labute approximate surface area is 201 Å². The molecular weight excluding hydrogens is 463 g/mol. The number of nitrogens with zero attached hydrogens (tertiary/aromatic N) is 2. The number of hydrogen-bond donors (Lipinski definition) is 1. The van der Waals surface area contributed by atoms with Crippen LogP contribution in [0.15, 0.2) is 66.4 Å². The van der Waals surface area contributed by atoms with E-state index in [0.29, 0.717) is 44.9 Å². The third kappa shape index (κ3) is 4.08. The zero-order valence-corrected chi connectivity index (χ0v) is 19.4. The topological polar surface area (TPSA) is 79.7 Å². The van der Waals surface area contributed by atoms with Gasteiger partial charge in [0, 0.05) is 22.5 Å². The lowest BCUT2D eigenvalue weighted by atomic mass is 9.98. The number of ketones is 1. The van der Waals surface area contributed by atoms with Crippen LogP contribution < -0.4 is 9.64 Å². The fourth-order valence-corrected chi connectivity index (χ4v) is 4.17. The lowest BCUT2D eigenvalue weighted by Gasteiger charge is -2.26. The van der Waals surface area contributed by atoms with Crippen molar-refractivity contribution >= 4 is 46.3 Å². The highest BCUT2D eigenvalue weighted by molar-refractivity contribution is 6.52. The van der Waals surface area contributed by atoms with Gasteiger partial charge in [-0.2, -0.15) is 0 Å². The van der Waals surface area contributed by atoms with Gasteiger partial charge in [-0.1, -0.05) is 35.3 Å². The van der Waals surface area contributed by atoms with Crippen LogP contribution in [0.25, 0.3) is 5.76 Å². The number of pyridine rings is 1. The van der Waals surface area contributed by atoms with Crippen LogP contribution in [0.4, 0.5) is 5.69 Å². The number of halogens is 2. The number of ether oxygens (including phenoxy) is 1. The maximum atomic E-state index is 13.2. The number of benzene rings is 2. The van der Waals surface area contributed by atoms with Gasteiger partial charge in [0.25, 0.3) is 11.7 Å². The number of aromatic nitrogens is 1. The SMILES string of the molecule is CCOc1cc(/C(O)=C2\C(=O)C(=O)N(c3cccc(Cl)c3C)C2c2ccccn2)ccc1Cl. The number of Topliss-reactive ketones (excluding diaryl/α,β-unsaturated/α-hetero) is 1. The molecule has 0 radical (unpaired) electrons. The lowest BCUT2D eigenvalue weighted by molar-refractivity contribution is -0.132. The standard InChI is InChI=1S/C25H20Cl2N2O4/c1-3-33-20-13-15(10-11-17(20)27)23(30)21-22(18-8-4-5-12-28-18)29(25(32)24(21)31)19-9-6-7-16(26)14(19)2/h4-13,22,30H,3H2,1-2H3/b23-21+. The molecule has 2 heterocycles. The van der Waals surface area contributed by atoms with E-state index in [1.807, 2.05) is 6.92 Å². The molecule has 1 aliphatic heterocycles. The molecule has 0 spiro atoms. The van der Waals surface area contributed by atoms with Crippen molar-refractivity contribution in [1.82, 2.24) is 4.98 Å². The van der Waals surface area contributed by atoms with Gasteiger partial charge in [0.1, 0.15) is 17.6 Å². The smallest absolute Gasteiger partial charge is 0.300 e. The molecule has 1 N–H and O–H groups in total. The Kier molecular flexibility index (Phi) is 6.40. The van der Waals surface area contributed by atoms with Crippen molar-refractivity contribution in [3.63, 3.8) is 0 Å². The highest BCUT2D eigenvalue weighted by Crippen LogP contribution is 2.43. The van der Waals surface area contributed by atoms with Gasteiger partial charge in [-0.15, -0.1) is 0 Å². The fraction of sp³-hybridized carbons (Fsp3) is 0.160. The summed E-state index contributed by atoms with van der Waals surface area (Å²) < 4.78 is 5.51. The second-order valence-electron chi connectivity index (χ2n) is 7.39. The maximum absolute atomic E-state index is 13.2. The fourth-order valence-electron chi connectivity index (χ4n) is 3.83. The largest absolute Gasteiger partial charge is 0.507 e. The summed E-state index contributed by atoms with van der Waals surface area (Å²) in [7, 11) is 0. The summed E-state index contributed by atoms with van der Waals surface area (Å²) in [5.41, 5.74) is 1.74. The lowest BCUT2D eigenvalue weighted by Crippen LogP contribution is -2.30. The maximum Gasteiger partial charge on any atom is 0.300 e. The molecule has 1 amide bonds. The number of carbonyl (C=O) groups excluding carboxylic acids is 2. The summed E-state index contributed by atoms with van der Waals surface area (Å²) >= 11 is 12.5. The summed E-state index contributed by atoms with van der Waals surface area (Å²) in [5.74, 6) is -1.59. The van der Waals surface area contributed by atoms with Gasteiger partial charge in [0.15, 0.2) is 0 Å². The Bertz CT molecular complexity index is 1270. The van der Waals surface area contributed by atoms with Crippen molar-refractivity contribution in [2.24, 2.45) is 0 Å². The molecule has 1 aliphatic rings. The minimum atomic E-state index is -0.949. The molecule has 168 valence electrons. The average molecular weight is 483 g/mol. The average Bonchev–Trinajstić information content (AvgIpc) is 3.08. The molecule has 2 aromatic carbocycles. The second kappa shape index (κ2) is 9.25. The normalized spacial score (nSPS) is 17.5. The second-order valence-corrected chi connectivity index (χ2v) is 8.20. The van der Waals surface area contributed by atoms with Crippen molar-refractivity contribution in [2.45, 2.75) is 19.9 Å². The first kappa shape index (κ1) is 22.8. The summed E-state index contributed by atoms with van der Waals surface area (Å²) in [6.45, 7) is 3.94. The third-order valence-electron chi connectivity index (χ3n) is 5.42. The van der Waals surface area contributed by atoms with Crippen LogP contribution in [0.3, 0.4) is 0 Å². The van der Waals surface area contributed by atoms with Gasteiger partial charge in [-0.25, -0.2) is 0 Å². The van der Waals surface area contributed by atoms with E-state index in [-0.39, 0.29) is 11.3 Å². The Morgan fingerprint density at radius 3 is 2.58 bits per heavy atom. The van der Waals surface area contributed by atoms with E-state index in [9.17, 15) is 14.7 Å². The molecule has 0 aliphatic carbocycles. The van der Waals surface area contributed by atoms with Crippen molar-refractivity contribution in [1.29, 1.82) is 0 Å². The number of aliphatic hydroxyl groups excluding tert-OH is 1. The van der Waals surface area contributed by atoms with Crippen molar-refractivity contribution in [3.05, 3.63) is 93.2 Å².